The summed E-state index contributed by atoms with van der Waals surface area (Å²) in [6, 6.07) is 13.6. The Hall–Kier alpha value is -2.23. The second-order valence-electron chi connectivity index (χ2n) is 9.55. The smallest absolute Gasteiger partial charge is 0.286 e. The van der Waals surface area contributed by atoms with E-state index in [1.807, 2.05) is 18.0 Å². The summed E-state index contributed by atoms with van der Waals surface area (Å²) in [5.74, 6) is -0.220. The molecule has 4 rings (SSSR count). The van der Waals surface area contributed by atoms with Crippen molar-refractivity contribution in [2.45, 2.75) is 51.9 Å². The Bertz CT molecular complexity index is 1270. The highest BCUT2D eigenvalue weighted by atomic mass is 35.5. The van der Waals surface area contributed by atoms with E-state index < -0.39 is 11.1 Å². The van der Waals surface area contributed by atoms with E-state index >= 15 is 0 Å². The van der Waals surface area contributed by atoms with E-state index in [1.54, 1.807) is 23.1 Å². The van der Waals surface area contributed by atoms with Crippen molar-refractivity contribution in [1.82, 2.24) is 20.2 Å². The number of aromatic nitrogens is 2. The van der Waals surface area contributed by atoms with Gasteiger partial charge in [-0.05, 0) is 62.8 Å². The normalized spacial score (nSPS) is 14.9. The number of unbranched alkanes of at least 4 members (excludes halogenated alkanes) is 2. The molecule has 0 aliphatic carbocycles. The predicted octanol–water partition coefficient (Wildman–Crippen LogP) is 6.31. The Labute approximate surface area is 237 Å². The van der Waals surface area contributed by atoms with Crippen LogP contribution in [0.4, 0.5) is 0 Å². The zero-order chi connectivity index (χ0) is 27.1. The number of carbonyl (C=O) groups excluding carboxylic acids is 1. The molecule has 0 bridgehead atoms. The number of nitrogens with zero attached hydrogens (tertiary/aromatic N) is 3. The highest BCUT2D eigenvalue weighted by Gasteiger charge is 2.25. The van der Waals surface area contributed by atoms with Crippen LogP contribution in [0, 0.1) is 6.92 Å². The Morgan fingerprint density at radius 3 is 2.47 bits per heavy atom. The molecule has 0 spiro atoms. The first-order chi connectivity index (χ1) is 18.3. The van der Waals surface area contributed by atoms with Crippen molar-refractivity contribution in [2.75, 3.05) is 26.0 Å². The van der Waals surface area contributed by atoms with Gasteiger partial charge in [-0.15, -0.1) is 0 Å². The second-order valence-corrected chi connectivity index (χ2v) is 11.4. The van der Waals surface area contributed by atoms with E-state index in [9.17, 15) is 9.00 Å². The number of rotatable bonds is 11. The van der Waals surface area contributed by atoms with E-state index in [0.717, 1.165) is 68.4 Å². The monoisotopic (exact) mass is 576 g/mol. The van der Waals surface area contributed by atoms with Gasteiger partial charge in [0.25, 0.3) is 5.91 Å². The van der Waals surface area contributed by atoms with Gasteiger partial charge in [-0.1, -0.05) is 60.3 Å². The molecule has 1 aliphatic rings. The zero-order valence-electron chi connectivity index (χ0n) is 21.8. The molecule has 0 radical (unpaired) electrons. The molecule has 1 aliphatic heterocycles. The quantitative estimate of drug-likeness (QED) is 0.271. The van der Waals surface area contributed by atoms with Gasteiger partial charge < -0.3 is 0 Å². The molecular weight excluding hydrogens is 543 g/mol. The van der Waals surface area contributed by atoms with Crippen LogP contribution < -0.4 is 5.43 Å². The number of hydrazine groups is 1. The summed E-state index contributed by atoms with van der Waals surface area (Å²) in [4.78, 5) is 13.3. The summed E-state index contributed by atoms with van der Waals surface area (Å²) >= 11 is 11.5. The molecule has 1 aromatic heterocycles. The van der Waals surface area contributed by atoms with Crippen LogP contribution in [0.1, 0.15) is 60.1 Å². The third-order valence-corrected chi connectivity index (χ3v) is 7.71. The van der Waals surface area contributed by atoms with Crippen LogP contribution in [0.25, 0.3) is 16.9 Å². The molecule has 2 heterocycles. The predicted molar refractivity (Wildman–Crippen MR) is 154 cm³/mol. The lowest BCUT2D eigenvalue weighted by atomic mass is 10.0. The van der Waals surface area contributed by atoms with Gasteiger partial charge >= 0.3 is 0 Å². The van der Waals surface area contributed by atoms with Gasteiger partial charge in [0.05, 0.1) is 23.0 Å². The molecule has 1 N–H and O–H groups in total. The maximum absolute atomic E-state index is 13.3. The van der Waals surface area contributed by atoms with E-state index in [1.165, 1.54) is 12.0 Å². The maximum Gasteiger partial charge on any atom is 0.286 e. The maximum atomic E-state index is 13.3. The Balaban J connectivity index is 1.57. The number of hydrogen-bond acceptors (Lipinski definition) is 5. The van der Waals surface area contributed by atoms with Gasteiger partial charge in [0.1, 0.15) is 0 Å². The fourth-order valence-electron chi connectivity index (χ4n) is 4.69. The number of aryl methyl sites for hydroxylation is 1. The lowest BCUT2D eigenvalue weighted by Gasteiger charge is -2.26. The minimum absolute atomic E-state index is 0.220. The van der Waals surface area contributed by atoms with Crippen LogP contribution >= 0.6 is 23.2 Å². The molecule has 1 saturated heterocycles. The Morgan fingerprint density at radius 1 is 1.05 bits per heavy atom. The average molecular weight is 578 g/mol. The van der Waals surface area contributed by atoms with Crippen molar-refractivity contribution in [3.05, 3.63) is 69.3 Å². The van der Waals surface area contributed by atoms with Crippen LogP contribution in [0.3, 0.4) is 0 Å². The van der Waals surface area contributed by atoms with Gasteiger partial charge in [0.15, 0.2) is 16.8 Å². The summed E-state index contributed by atoms with van der Waals surface area (Å²) < 4.78 is 17.8. The van der Waals surface area contributed by atoms with Crippen LogP contribution in [-0.4, -0.2) is 50.9 Å². The average Bonchev–Trinajstić information content (AvgIpc) is 3.23. The first-order valence-electron chi connectivity index (χ1n) is 13.0. The zero-order valence-corrected chi connectivity index (χ0v) is 24.2. The fourth-order valence-corrected chi connectivity index (χ4v) is 5.53. The number of halogens is 2. The SMILES string of the molecule is Cc1c(C(=O)NN2CCCCC2)nn(-c2ccc(Cl)cc2Cl)c1-c1ccc(CCCCCOS(C)=O)cc1. The van der Waals surface area contributed by atoms with Crippen molar-refractivity contribution < 1.29 is 13.2 Å². The molecule has 1 amide bonds. The van der Waals surface area contributed by atoms with Gasteiger partial charge in [0.2, 0.25) is 0 Å². The van der Waals surface area contributed by atoms with Crippen molar-refractivity contribution in [1.29, 1.82) is 0 Å². The molecule has 2 aromatic carbocycles. The number of carbonyl (C=O) groups is 1. The van der Waals surface area contributed by atoms with Crippen LogP contribution in [0.5, 0.6) is 0 Å². The number of amides is 1. The molecule has 7 nitrogen and oxygen atoms in total. The summed E-state index contributed by atoms with van der Waals surface area (Å²) in [6.45, 7) is 4.13. The highest BCUT2D eigenvalue weighted by Crippen LogP contribution is 2.33. The van der Waals surface area contributed by atoms with Crippen LogP contribution in [0.15, 0.2) is 42.5 Å². The number of benzene rings is 2. The summed E-state index contributed by atoms with van der Waals surface area (Å²) in [5.41, 5.74) is 7.83. The van der Waals surface area contributed by atoms with Gasteiger partial charge in [-0.2, -0.15) is 5.10 Å². The van der Waals surface area contributed by atoms with Crippen molar-refractivity contribution in [2.24, 2.45) is 0 Å². The van der Waals surface area contributed by atoms with E-state index in [-0.39, 0.29) is 5.91 Å². The number of piperidine rings is 1. The third kappa shape index (κ3) is 7.45. The summed E-state index contributed by atoms with van der Waals surface area (Å²) in [7, 11) is 0. The molecule has 1 atom stereocenters. The molecule has 1 unspecified atom stereocenters. The molecule has 3 aromatic rings. The first-order valence-corrected chi connectivity index (χ1v) is 15.2. The molecular formula is C28H34Cl2N4O3S. The van der Waals surface area contributed by atoms with Gasteiger partial charge in [-0.3, -0.25) is 14.4 Å². The lowest BCUT2D eigenvalue weighted by Crippen LogP contribution is -2.45. The minimum atomic E-state index is -1.20. The first kappa shape index (κ1) is 28.8. The molecule has 204 valence electrons. The van der Waals surface area contributed by atoms with Crippen LogP contribution in [-0.2, 0) is 21.7 Å². The molecule has 38 heavy (non-hydrogen) atoms. The lowest BCUT2D eigenvalue weighted by molar-refractivity contribution is 0.0743. The van der Waals surface area contributed by atoms with Crippen molar-refractivity contribution in [3.8, 4) is 16.9 Å². The minimum Gasteiger partial charge on any atom is -0.291 e. The number of hydrogen-bond donors (Lipinski definition) is 1. The largest absolute Gasteiger partial charge is 0.291 e. The Morgan fingerprint density at radius 2 is 1.79 bits per heavy atom. The van der Waals surface area contributed by atoms with Crippen molar-refractivity contribution in [3.63, 3.8) is 0 Å². The molecule has 1 fully saturated rings. The highest BCUT2D eigenvalue weighted by molar-refractivity contribution is 7.79. The van der Waals surface area contributed by atoms with E-state index in [2.05, 4.69) is 29.7 Å². The van der Waals surface area contributed by atoms with Crippen molar-refractivity contribution >= 4 is 40.2 Å². The van der Waals surface area contributed by atoms with Crippen LogP contribution in [0.2, 0.25) is 10.0 Å². The topological polar surface area (TPSA) is 76.5 Å². The second kappa shape index (κ2) is 13.7. The fraction of sp³-hybridized carbons (Fsp3) is 0.429. The Kier molecular flexibility index (Phi) is 10.4. The molecule has 0 saturated carbocycles. The number of nitrogens with one attached hydrogen (secondary N) is 1. The van der Waals surface area contributed by atoms with Gasteiger partial charge in [-0.25, -0.2) is 13.9 Å². The third-order valence-electron chi connectivity index (χ3n) is 6.68. The van der Waals surface area contributed by atoms with Gasteiger partial charge in [0, 0.05) is 35.5 Å². The van der Waals surface area contributed by atoms with E-state index in [4.69, 9.17) is 32.5 Å². The summed E-state index contributed by atoms with van der Waals surface area (Å²) in [5, 5.41) is 7.70. The standard InChI is InChI=1S/C28H34Cl2N4O3S/c1-20-26(28(35)32-33-16-6-4-7-17-33)31-34(25-15-14-23(29)19-24(25)30)27(20)22-12-10-21(11-13-22)9-5-3-8-18-37-38(2)36/h10-15,19H,3-9,16-18H2,1-2H3,(H,32,35). The van der Waals surface area contributed by atoms with E-state index in [0.29, 0.717) is 28.0 Å². The molecule has 10 heteroatoms. The summed E-state index contributed by atoms with van der Waals surface area (Å²) in [6.07, 6.45) is 8.73.